The molecular formula is C16H21N5O3. The van der Waals surface area contributed by atoms with Crippen molar-refractivity contribution in [2.24, 2.45) is 0 Å². The van der Waals surface area contributed by atoms with Crippen LogP contribution in [0.3, 0.4) is 0 Å². The normalized spacial score (nSPS) is 17.6. The van der Waals surface area contributed by atoms with Crippen molar-refractivity contribution in [1.29, 1.82) is 0 Å². The van der Waals surface area contributed by atoms with Crippen LogP contribution in [-0.4, -0.2) is 57.3 Å². The van der Waals surface area contributed by atoms with Gasteiger partial charge in [0.05, 0.1) is 24.9 Å². The number of amides is 1. The second kappa shape index (κ2) is 6.86. The quantitative estimate of drug-likeness (QED) is 0.913. The fourth-order valence-electron chi connectivity index (χ4n) is 2.90. The van der Waals surface area contributed by atoms with Crippen molar-refractivity contribution in [3.8, 4) is 11.9 Å². The number of aryl methyl sites for hydroxylation is 2. The SMILES string of the molecule is COc1nccc(OC2CCCN(C(=O)c3c(C)n[nH]c3C)C2)n1. The molecule has 2 aromatic heterocycles. The molecule has 1 saturated heterocycles. The Balaban J connectivity index is 1.69. The lowest BCUT2D eigenvalue weighted by Crippen LogP contribution is -2.44. The van der Waals surface area contributed by atoms with Gasteiger partial charge in [-0.15, -0.1) is 0 Å². The van der Waals surface area contributed by atoms with Crippen molar-refractivity contribution >= 4 is 5.91 Å². The van der Waals surface area contributed by atoms with Gasteiger partial charge in [-0.1, -0.05) is 0 Å². The summed E-state index contributed by atoms with van der Waals surface area (Å²) in [6.07, 6.45) is 3.24. The first-order valence-electron chi connectivity index (χ1n) is 7.93. The van der Waals surface area contributed by atoms with Crippen LogP contribution in [0, 0.1) is 13.8 Å². The van der Waals surface area contributed by atoms with Gasteiger partial charge in [-0.25, -0.2) is 4.98 Å². The van der Waals surface area contributed by atoms with Gasteiger partial charge >= 0.3 is 6.01 Å². The Bertz CT molecular complexity index is 711. The van der Waals surface area contributed by atoms with E-state index in [4.69, 9.17) is 9.47 Å². The number of rotatable bonds is 4. The highest BCUT2D eigenvalue weighted by Gasteiger charge is 2.28. The summed E-state index contributed by atoms with van der Waals surface area (Å²) >= 11 is 0. The van der Waals surface area contributed by atoms with E-state index in [0.717, 1.165) is 30.8 Å². The number of likely N-dealkylation sites (tertiary alicyclic amines) is 1. The topological polar surface area (TPSA) is 93.2 Å². The average Bonchev–Trinajstić information content (AvgIpc) is 2.93. The lowest BCUT2D eigenvalue weighted by molar-refractivity contribution is 0.0524. The molecule has 0 aliphatic carbocycles. The van der Waals surface area contributed by atoms with Crippen LogP contribution in [0.5, 0.6) is 11.9 Å². The van der Waals surface area contributed by atoms with Crippen LogP contribution in [0.1, 0.15) is 34.6 Å². The summed E-state index contributed by atoms with van der Waals surface area (Å²) < 4.78 is 10.9. The summed E-state index contributed by atoms with van der Waals surface area (Å²) in [6, 6.07) is 1.95. The molecule has 8 heteroatoms. The van der Waals surface area contributed by atoms with Crippen molar-refractivity contribution in [1.82, 2.24) is 25.1 Å². The summed E-state index contributed by atoms with van der Waals surface area (Å²) in [5.41, 5.74) is 2.17. The predicted octanol–water partition coefficient (Wildman–Crippen LogP) is 1.51. The van der Waals surface area contributed by atoms with Gasteiger partial charge in [0.1, 0.15) is 6.10 Å². The van der Waals surface area contributed by atoms with Crippen LogP contribution >= 0.6 is 0 Å². The van der Waals surface area contributed by atoms with Gasteiger partial charge in [-0.05, 0) is 26.7 Å². The first-order chi connectivity index (χ1) is 11.6. The second-order valence-corrected chi connectivity index (χ2v) is 5.82. The fraction of sp³-hybridized carbons (Fsp3) is 0.500. The van der Waals surface area contributed by atoms with E-state index >= 15 is 0 Å². The van der Waals surface area contributed by atoms with E-state index < -0.39 is 0 Å². The number of hydrogen-bond donors (Lipinski definition) is 1. The molecule has 2 aromatic rings. The number of nitrogens with zero attached hydrogens (tertiary/aromatic N) is 4. The van der Waals surface area contributed by atoms with E-state index in [9.17, 15) is 4.79 Å². The molecule has 3 heterocycles. The summed E-state index contributed by atoms with van der Waals surface area (Å²) in [5, 5.41) is 6.96. The van der Waals surface area contributed by atoms with Crippen LogP contribution < -0.4 is 9.47 Å². The maximum atomic E-state index is 12.8. The Kier molecular flexibility index (Phi) is 4.64. The van der Waals surface area contributed by atoms with Crippen molar-refractivity contribution in [3.05, 3.63) is 29.2 Å². The standard InChI is InChI=1S/C16H21N5O3/c1-10-14(11(2)20-19-10)15(22)21-8-4-5-12(9-21)24-13-6-7-17-16(18-13)23-3/h6-7,12H,4-5,8-9H2,1-3H3,(H,19,20). The molecule has 1 aliphatic rings. The molecule has 0 spiro atoms. The van der Waals surface area contributed by atoms with Crippen molar-refractivity contribution in [3.63, 3.8) is 0 Å². The van der Waals surface area contributed by atoms with Crippen molar-refractivity contribution in [2.45, 2.75) is 32.8 Å². The van der Waals surface area contributed by atoms with Crippen molar-refractivity contribution < 1.29 is 14.3 Å². The number of hydrogen-bond acceptors (Lipinski definition) is 6. The third kappa shape index (κ3) is 3.32. The molecule has 1 N–H and O–H groups in total. The molecule has 1 unspecified atom stereocenters. The van der Waals surface area contributed by atoms with Gasteiger partial charge in [-0.3, -0.25) is 9.89 Å². The second-order valence-electron chi connectivity index (χ2n) is 5.82. The monoisotopic (exact) mass is 331 g/mol. The highest BCUT2D eigenvalue weighted by atomic mass is 16.5. The zero-order chi connectivity index (χ0) is 17.1. The Labute approximate surface area is 140 Å². The minimum absolute atomic E-state index is 0.00711. The maximum Gasteiger partial charge on any atom is 0.319 e. The van der Waals surface area contributed by atoms with E-state index in [0.29, 0.717) is 18.0 Å². The number of methoxy groups -OCH3 is 1. The van der Waals surface area contributed by atoms with Crippen LogP contribution in [0.4, 0.5) is 0 Å². The number of carbonyl (C=O) groups is 1. The van der Waals surface area contributed by atoms with Crippen LogP contribution in [0.2, 0.25) is 0 Å². The number of piperidine rings is 1. The number of aromatic nitrogens is 4. The lowest BCUT2D eigenvalue weighted by atomic mass is 10.1. The van der Waals surface area contributed by atoms with Gasteiger partial charge in [0, 0.05) is 24.5 Å². The summed E-state index contributed by atoms with van der Waals surface area (Å²) in [6.45, 7) is 4.94. The van der Waals surface area contributed by atoms with E-state index in [1.807, 2.05) is 18.7 Å². The summed E-state index contributed by atoms with van der Waals surface area (Å²) in [4.78, 5) is 22.7. The van der Waals surface area contributed by atoms with Crippen LogP contribution in [-0.2, 0) is 0 Å². The third-order valence-corrected chi connectivity index (χ3v) is 4.09. The van der Waals surface area contributed by atoms with E-state index in [1.54, 1.807) is 12.3 Å². The average molecular weight is 331 g/mol. The number of H-pyrrole nitrogens is 1. The van der Waals surface area contributed by atoms with Gasteiger partial charge < -0.3 is 14.4 Å². The Morgan fingerprint density at radius 1 is 1.42 bits per heavy atom. The van der Waals surface area contributed by atoms with E-state index in [1.165, 1.54) is 7.11 Å². The molecule has 8 nitrogen and oxygen atoms in total. The van der Waals surface area contributed by atoms with Gasteiger partial charge in [-0.2, -0.15) is 10.1 Å². The fourth-order valence-corrected chi connectivity index (χ4v) is 2.90. The first-order valence-corrected chi connectivity index (χ1v) is 7.93. The minimum Gasteiger partial charge on any atom is -0.472 e. The molecule has 0 aromatic carbocycles. The van der Waals surface area contributed by atoms with Gasteiger partial charge in [0.2, 0.25) is 5.88 Å². The zero-order valence-corrected chi connectivity index (χ0v) is 14.1. The van der Waals surface area contributed by atoms with Gasteiger partial charge in [0.15, 0.2) is 0 Å². The van der Waals surface area contributed by atoms with Crippen LogP contribution in [0.25, 0.3) is 0 Å². The molecule has 3 rings (SSSR count). The third-order valence-electron chi connectivity index (χ3n) is 4.09. The Hall–Kier alpha value is -2.64. The molecule has 1 aliphatic heterocycles. The number of ether oxygens (including phenoxy) is 2. The van der Waals surface area contributed by atoms with E-state index in [2.05, 4.69) is 20.2 Å². The number of carbonyl (C=O) groups excluding carboxylic acids is 1. The highest BCUT2D eigenvalue weighted by molar-refractivity contribution is 5.96. The molecule has 24 heavy (non-hydrogen) atoms. The predicted molar refractivity (Wildman–Crippen MR) is 86.2 cm³/mol. The Morgan fingerprint density at radius 3 is 2.96 bits per heavy atom. The largest absolute Gasteiger partial charge is 0.472 e. The first kappa shape index (κ1) is 16.2. The molecular weight excluding hydrogens is 310 g/mol. The van der Waals surface area contributed by atoms with Gasteiger partial charge in [0.25, 0.3) is 5.91 Å². The summed E-state index contributed by atoms with van der Waals surface area (Å²) in [7, 11) is 1.51. The molecule has 128 valence electrons. The van der Waals surface area contributed by atoms with Crippen molar-refractivity contribution in [2.75, 3.05) is 20.2 Å². The lowest BCUT2D eigenvalue weighted by Gasteiger charge is -2.32. The smallest absolute Gasteiger partial charge is 0.319 e. The van der Waals surface area contributed by atoms with Crippen LogP contribution in [0.15, 0.2) is 12.3 Å². The number of aromatic amines is 1. The molecule has 1 fully saturated rings. The number of nitrogens with one attached hydrogen (secondary N) is 1. The highest BCUT2D eigenvalue weighted by Crippen LogP contribution is 2.21. The zero-order valence-electron chi connectivity index (χ0n) is 14.1. The molecule has 1 amide bonds. The molecule has 0 radical (unpaired) electrons. The molecule has 1 atom stereocenters. The van der Waals surface area contributed by atoms with E-state index in [-0.39, 0.29) is 18.0 Å². The minimum atomic E-state index is -0.102. The molecule has 0 bridgehead atoms. The summed E-state index contributed by atoms with van der Waals surface area (Å²) in [5.74, 6) is 0.448. The Morgan fingerprint density at radius 2 is 2.25 bits per heavy atom. The molecule has 0 saturated carbocycles. The maximum absolute atomic E-state index is 12.8.